The molecule has 12 heteroatoms. The number of ether oxygens (including phenoxy) is 2. The summed E-state index contributed by atoms with van der Waals surface area (Å²) in [7, 11) is -2.39. The van der Waals surface area contributed by atoms with Crippen LogP contribution in [0.3, 0.4) is 0 Å². The smallest absolute Gasteiger partial charge is 0.339 e. The van der Waals surface area contributed by atoms with E-state index in [4.69, 9.17) is 14.6 Å². The van der Waals surface area contributed by atoms with Gasteiger partial charge in [-0.3, -0.25) is 9.59 Å². The van der Waals surface area contributed by atoms with E-state index in [1.54, 1.807) is 18.2 Å². The molecule has 10 nitrogen and oxygen atoms in total. The topological polar surface area (TPSA) is 154 Å². The number of nitrogens with one attached hydrogen (secondary N) is 2. The van der Waals surface area contributed by atoms with E-state index < -0.39 is 28.5 Å². The van der Waals surface area contributed by atoms with E-state index in [0.717, 1.165) is 11.8 Å². The van der Waals surface area contributed by atoms with Crippen molar-refractivity contribution in [1.29, 1.82) is 0 Å². The number of carbonyl (C=O) groups excluding carboxylic acids is 3. The molecule has 2 aromatic rings. The minimum Gasteiger partial charge on any atom is -0.452 e. The number of nitrogens with two attached hydrogens (primary N) is 1. The van der Waals surface area contributed by atoms with Gasteiger partial charge in [0, 0.05) is 24.2 Å². The predicted molar refractivity (Wildman–Crippen MR) is 119 cm³/mol. The first-order chi connectivity index (χ1) is 15.2. The van der Waals surface area contributed by atoms with Crippen molar-refractivity contribution in [3.8, 4) is 0 Å². The van der Waals surface area contributed by atoms with Gasteiger partial charge in [-0.05, 0) is 30.3 Å². The number of benzene rings is 2. The molecule has 2 rings (SSSR count). The van der Waals surface area contributed by atoms with Crippen molar-refractivity contribution in [2.45, 2.75) is 9.79 Å². The lowest BCUT2D eigenvalue weighted by Crippen LogP contribution is -2.28. The third-order valence-corrected chi connectivity index (χ3v) is 5.86. The number of rotatable bonds is 11. The Hall–Kier alpha value is -2.93. The number of anilines is 1. The Balaban J connectivity index is 1.91. The summed E-state index contributed by atoms with van der Waals surface area (Å²) < 4.78 is 32.7. The molecule has 2 amide bonds. The number of primary sulfonamides is 1. The molecule has 0 aliphatic carbocycles. The quantitative estimate of drug-likeness (QED) is 0.244. The van der Waals surface area contributed by atoms with E-state index in [1.807, 2.05) is 0 Å². The molecule has 0 atom stereocenters. The van der Waals surface area contributed by atoms with Gasteiger partial charge in [0.15, 0.2) is 6.61 Å². The lowest BCUT2D eigenvalue weighted by molar-refractivity contribution is -0.119. The summed E-state index contributed by atoms with van der Waals surface area (Å²) in [5.41, 5.74) is 0.402. The molecule has 0 saturated carbocycles. The zero-order valence-electron chi connectivity index (χ0n) is 17.2. The molecule has 172 valence electrons. The fraction of sp³-hybridized carbons (Fsp3) is 0.250. The monoisotopic (exact) mass is 481 g/mol. The summed E-state index contributed by atoms with van der Waals surface area (Å²) in [5, 5.41) is 10.2. The highest BCUT2D eigenvalue weighted by Gasteiger charge is 2.16. The van der Waals surface area contributed by atoms with Crippen molar-refractivity contribution in [3.05, 3.63) is 54.1 Å². The van der Waals surface area contributed by atoms with Gasteiger partial charge < -0.3 is 20.1 Å². The fourth-order valence-electron chi connectivity index (χ4n) is 2.40. The van der Waals surface area contributed by atoms with Gasteiger partial charge in [0.25, 0.3) is 5.91 Å². The summed E-state index contributed by atoms with van der Waals surface area (Å²) in [6.07, 6.45) is 0. The first kappa shape index (κ1) is 25.3. The Bertz CT molecular complexity index is 1070. The second kappa shape index (κ2) is 12.2. The van der Waals surface area contributed by atoms with E-state index in [-0.39, 0.29) is 27.8 Å². The van der Waals surface area contributed by atoms with Crippen LogP contribution < -0.4 is 15.8 Å². The van der Waals surface area contributed by atoms with Crippen LogP contribution in [-0.4, -0.2) is 58.8 Å². The maximum absolute atomic E-state index is 12.4. The molecule has 0 heterocycles. The summed E-state index contributed by atoms with van der Waals surface area (Å²) >= 11 is 1.16. The molecule has 0 unspecified atom stereocenters. The van der Waals surface area contributed by atoms with Crippen molar-refractivity contribution in [2.24, 2.45) is 5.14 Å². The van der Waals surface area contributed by atoms with Gasteiger partial charge in [-0.25, -0.2) is 18.4 Å². The number of methoxy groups -OCH3 is 1. The molecule has 0 aliphatic rings. The van der Waals surface area contributed by atoms with Crippen molar-refractivity contribution >= 4 is 45.3 Å². The zero-order chi connectivity index (χ0) is 23.6. The predicted octanol–water partition coefficient (Wildman–Crippen LogP) is 0.984. The van der Waals surface area contributed by atoms with Crippen molar-refractivity contribution in [2.75, 3.05) is 37.9 Å². The Morgan fingerprint density at radius 1 is 1.06 bits per heavy atom. The summed E-state index contributed by atoms with van der Waals surface area (Å²) in [5.74, 6) is -1.51. The number of thioether (sulfide) groups is 1. The molecular weight excluding hydrogens is 458 g/mol. The van der Waals surface area contributed by atoms with Crippen LogP contribution in [0.2, 0.25) is 0 Å². The zero-order valence-corrected chi connectivity index (χ0v) is 18.8. The average Bonchev–Trinajstić information content (AvgIpc) is 2.76. The Morgan fingerprint density at radius 3 is 2.53 bits per heavy atom. The highest BCUT2D eigenvalue weighted by atomic mass is 32.2. The largest absolute Gasteiger partial charge is 0.452 e. The summed E-state index contributed by atoms with van der Waals surface area (Å²) in [6, 6.07) is 11.9. The number of sulfonamides is 1. The summed E-state index contributed by atoms with van der Waals surface area (Å²) in [6.45, 7) is 0.192. The molecular formula is C20H23N3O7S2. The average molecular weight is 482 g/mol. The minimum atomic E-state index is -3.92. The van der Waals surface area contributed by atoms with Gasteiger partial charge >= 0.3 is 5.97 Å². The maximum Gasteiger partial charge on any atom is 0.339 e. The number of esters is 1. The van der Waals surface area contributed by atoms with Crippen molar-refractivity contribution < 1.29 is 32.3 Å². The first-order valence-corrected chi connectivity index (χ1v) is 11.8. The number of hydrogen-bond acceptors (Lipinski definition) is 8. The molecule has 0 radical (unpaired) electrons. The van der Waals surface area contributed by atoms with Crippen LogP contribution in [0.25, 0.3) is 0 Å². The third kappa shape index (κ3) is 8.30. The lowest BCUT2D eigenvalue weighted by atomic mass is 10.2. The molecule has 2 aromatic carbocycles. The lowest BCUT2D eigenvalue weighted by Gasteiger charge is -2.10. The van der Waals surface area contributed by atoms with Crippen molar-refractivity contribution in [3.63, 3.8) is 0 Å². The van der Waals surface area contributed by atoms with Crippen LogP contribution in [0, 0.1) is 0 Å². The van der Waals surface area contributed by atoms with Gasteiger partial charge in [-0.1, -0.05) is 18.2 Å². The fourth-order valence-corrected chi connectivity index (χ4v) is 3.83. The second-order valence-electron chi connectivity index (χ2n) is 6.32. The number of amides is 2. The molecule has 0 fully saturated rings. The van der Waals surface area contributed by atoms with Gasteiger partial charge in [-0.2, -0.15) is 0 Å². The molecule has 0 aromatic heterocycles. The van der Waals surface area contributed by atoms with Crippen LogP contribution in [-0.2, 0) is 29.1 Å². The van der Waals surface area contributed by atoms with Gasteiger partial charge in [0.2, 0.25) is 15.9 Å². The van der Waals surface area contributed by atoms with Crippen LogP contribution in [0.15, 0.2) is 58.3 Å². The SMILES string of the molecule is COCCNC(=O)CSc1ccccc1C(=O)OCC(=O)Nc1cccc(S(N)(=O)=O)c1. The van der Waals surface area contributed by atoms with Crippen LogP contribution in [0.1, 0.15) is 10.4 Å². The molecule has 0 spiro atoms. The standard InChI is InChI=1S/C20H23N3O7S2/c1-29-10-9-22-19(25)13-31-17-8-3-2-7-16(17)20(26)30-12-18(24)23-14-5-4-6-15(11-14)32(21,27)28/h2-8,11H,9-10,12-13H2,1H3,(H,22,25)(H,23,24)(H2,21,27,28). The van der Waals surface area contributed by atoms with E-state index in [0.29, 0.717) is 18.0 Å². The highest BCUT2D eigenvalue weighted by Crippen LogP contribution is 2.23. The van der Waals surface area contributed by atoms with Gasteiger partial charge in [0.1, 0.15) is 0 Å². The maximum atomic E-state index is 12.4. The Kier molecular flexibility index (Phi) is 9.65. The number of carbonyl (C=O) groups is 3. The van der Waals surface area contributed by atoms with Crippen LogP contribution in [0.5, 0.6) is 0 Å². The van der Waals surface area contributed by atoms with E-state index in [2.05, 4.69) is 10.6 Å². The normalized spacial score (nSPS) is 10.9. The molecule has 4 N–H and O–H groups in total. The van der Waals surface area contributed by atoms with Crippen LogP contribution in [0.4, 0.5) is 5.69 Å². The number of hydrogen-bond donors (Lipinski definition) is 3. The highest BCUT2D eigenvalue weighted by molar-refractivity contribution is 8.00. The summed E-state index contributed by atoms with van der Waals surface area (Å²) in [4.78, 5) is 36.7. The molecule has 0 bridgehead atoms. The third-order valence-electron chi connectivity index (χ3n) is 3.87. The molecule has 0 saturated heterocycles. The van der Waals surface area contributed by atoms with Crippen molar-refractivity contribution in [1.82, 2.24) is 5.32 Å². The Morgan fingerprint density at radius 2 is 1.81 bits per heavy atom. The van der Waals surface area contributed by atoms with E-state index >= 15 is 0 Å². The molecule has 0 aliphatic heterocycles. The second-order valence-corrected chi connectivity index (χ2v) is 8.90. The minimum absolute atomic E-state index is 0.0921. The van der Waals surface area contributed by atoms with Crippen LogP contribution >= 0.6 is 11.8 Å². The first-order valence-electron chi connectivity index (χ1n) is 9.28. The molecule has 32 heavy (non-hydrogen) atoms. The van der Waals surface area contributed by atoms with Gasteiger partial charge in [0.05, 0.1) is 22.8 Å². The van der Waals surface area contributed by atoms with E-state index in [9.17, 15) is 22.8 Å². The van der Waals surface area contributed by atoms with Gasteiger partial charge in [-0.15, -0.1) is 11.8 Å². The Labute approximate surface area is 189 Å². The van der Waals surface area contributed by atoms with E-state index in [1.165, 1.54) is 37.4 Å².